The zero-order valence-electron chi connectivity index (χ0n) is 22.5. The predicted octanol–water partition coefficient (Wildman–Crippen LogP) is 4.60. The van der Waals surface area contributed by atoms with Crippen LogP contribution in [0.4, 0.5) is 14.5 Å². The zero-order chi connectivity index (χ0) is 28.9. The van der Waals surface area contributed by atoms with E-state index in [0.717, 1.165) is 34.6 Å². The molecule has 0 radical (unpaired) electrons. The van der Waals surface area contributed by atoms with Gasteiger partial charge in [0.2, 0.25) is 5.91 Å². The summed E-state index contributed by atoms with van der Waals surface area (Å²) < 4.78 is 39.0. The van der Waals surface area contributed by atoms with E-state index in [9.17, 15) is 18.4 Å². The molecule has 0 saturated heterocycles. The number of nitrogens with one attached hydrogen (secondary N) is 2. The molecule has 1 aliphatic carbocycles. The molecule has 3 atom stereocenters. The molecule has 1 saturated carbocycles. The fourth-order valence-corrected chi connectivity index (χ4v) is 6.23. The minimum absolute atomic E-state index is 0.0116. The van der Waals surface area contributed by atoms with E-state index in [1.165, 1.54) is 0 Å². The number of ether oxygens (including phenoxy) is 1. The zero-order valence-corrected chi connectivity index (χ0v) is 22.5. The Bertz CT molecular complexity index is 1630. The summed E-state index contributed by atoms with van der Waals surface area (Å²) in [6, 6.07) is 9.66. The average molecular weight is 563 g/mol. The van der Waals surface area contributed by atoms with E-state index in [4.69, 9.17) is 10.5 Å². The third kappa shape index (κ3) is 4.83. The lowest BCUT2D eigenvalue weighted by Gasteiger charge is -2.35. The van der Waals surface area contributed by atoms with E-state index in [1.54, 1.807) is 0 Å². The quantitative estimate of drug-likeness (QED) is 0.284. The van der Waals surface area contributed by atoms with E-state index in [1.807, 2.05) is 38.1 Å². The monoisotopic (exact) mass is 562 g/mol. The predicted molar refractivity (Wildman–Crippen MR) is 143 cm³/mol. The molecule has 3 heterocycles. The van der Waals surface area contributed by atoms with Crippen molar-refractivity contribution in [2.24, 2.45) is 17.1 Å². The fraction of sp³-hybridized carbons (Fsp3) is 0.345. The highest BCUT2D eigenvalue weighted by molar-refractivity contribution is 5.92. The third-order valence-electron chi connectivity index (χ3n) is 8.39. The number of H-pyrrole nitrogens is 1. The molecule has 12 heteroatoms. The number of primary amides is 1. The molecule has 2 aromatic carbocycles. The van der Waals surface area contributed by atoms with Crippen LogP contribution < -0.4 is 15.8 Å². The lowest BCUT2D eigenvalue weighted by molar-refractivity contribution is -0.117. The first-order valence-corrected chi connectivity index (χ1v) is 13.3. The molecule has 2 aromatic heterocycles. The Labute approximate surface area is 233 Å². The van der Waals surface area contributed by atoms with Crippen molar-refractivity contribution < 1.29 is 27.7 Å². The summed E-state index contributed by atoms with van der Waals surface area (Å²) in [5, 5.41) is 17.5. The second kappa shape index (κ2) is 10.1. The standard InChI is InChI=1S/C29H28F2N6O4/c1-14-26(15(2)35-34-14)16-3-6-18(7-4-16)33-25(38)10-20-19-9-21(30)22(31)11-24(19)40-13-29(20)12-17(29)5-8-23-27(28(32)39)37-41-36-23/h3-4,6-7,9,11,17,20H,5,8,10,12-13H2,1-2H3,(H2,32,39)(H,33,38)(H,34,35). The molecule has 4 N–H and O–H groups in total. The number of anilines is 1. The molecular formula is C29H28F2N6O4. The highest BCUT2D eigenvalue weighted by Crippen LogP contribution is 2.66. The van der Waals surface area contributed by atoms with Gasteiger partial charge >= 0.3 is 0 Å². The number of halogens is 2. The number of hydrogen-bond donors (Lipinski definition) is 3. The van der Waals surface area contributed by atoms with Crippen molar-refractivity contribution in [1.82, 2.24) is 20.5 Å². The number of carbonyl (C=O) groups excluding carboxylic acids is 2. The minimum Gasteiger partial charge on any atom is -0.493 e. The van der Waals surface area contributed by atoms with Crippen molar-refractivity contribution in [3.05, 3.63) is 76.4 Å². The van der Waals surface area contributed by atoms with Crippen LogP contribution in [0.25, 0.3) is 11.1 Å². The third-order valence-corrected chi connectivity index (χ3v) is 8.39. The van der Waals surface area contributed by atoms with Gasteiger partial charge in [0, 0.05) is 46.3 Å². The Morgan fingerprint density at radius 2 is 1.90 bits per heavy atom. The minimum atomic E-state index is -1.00. The maximum Gasteiger partial charge on any atom is 0.272 e. The van der Waals surface area contributed by atoms with Crippen molar-refractivity contribution in [2.45, 2.75) is 45.4 Å². The number of benzene rings is 2. The number of carbonyl (C=O) groups is 2. The first-order valence-electron chi connectivity index (χ1n) is 13.3. The van der Waals surface area contributed by atoms with Crippen molar-refractivity contribution in [3.8, 4) is 16.9 Å². The normalized spacial score (nSPS) is 20.9. The van der Waals surface area contributed by atoms with Crippen LogP contribution in [-0.4, -0.2) is 38.9 Å². The lowest BCUT2D eigenvalue weighted by atomic mass is 9.76. The Morgan fingerprint density at radius 1 is 1.15 bits per heavy atom. The first-order chi connectivity index (χ1) is 19.7. The lowest BCUT2D eigenvalue weighted by Crippen LogP contribution is -2.32. The molecule has 1 spiro atoms. The number of aryl methyl sites for hydroxylation is 3. The molecule has 0 bridgehead atoms. The first kappa shape index (κ1) is 26.6. The van der Waals surface area contributed by atoms with Crippen LogP contribution in [0.15, 0.2) is 41.0 Å². The highest BCUT2D eigenvalue weighted by atomic mass is 19.2. The summed E-state index contributed by atoms with van der Waals surface area (Å²) in [7, 11) is 0. The largest absolute Gasteiger partial charge is 0.493 e. The summed E-state index contributed by atoms with van der Waals surface area (Å²) in [4.78, 5) is 24.9. The van der Waals surface area contributed by atoms with Crippen LogP contribution in [0.3, 0.4) is 0 Å². The highest BCUT2D eigenvalue weighted by Gasteiger charge is 2.61. The summed E-state index contributed by atoms with van der Waals surface area (Å²) >= 11 is 0. The Kier molecular flexibility index (Phi) is 6.55. The van der Waals surface area contributed by atoms with Gasteiger partial charge in [-0.05, 0) is 67.9 Å². The molecule has 3 unspecified atom stereocenters. The second-order valence-corrected chi connectivity index (χ2v) is 10.9. The van der Waals surface area contributed by atoms with Crippen LogP contribution in [0.1, 0.15) is 58.3 Å². The number of aromatic nitrogens is 4. The van der Waals surface area contributed by atoms with Gasteiger partial charge in [0.1, 0.15) is 11.4 Å². The molecule has 4 aromatic rings. The van der Waals surface area contributed by atoms with Gasteiger partial charge in [0.25, 0.3) is 5.91 Å². The van der Waals surface area contributed by atoms with Gasteiger partial charge in [-0.25, -0.2) is 13.4 Å². The van der Waals surface area contributed by atoms with Crippen molar-refractivity contribution in [3.63, 3.8) is 0 Å². The molecule has 41 heavy (non-hydrogen) atoms. The molecule has 2 aliphatic rings. The Hall–Kier alpha value is -4.61. The van der Waals surface area contributed by atoms with Gasteiger partial charge in [-0.2, -0.15) is 5.10 Å². The van der Waals surface area contributed by atoms with Gasteiger partial charge in [0.15, 0.2) is 17.3 Å². The van der Waals surface area contributed by atoms with E-state index < -0.39 is 28.9 Å². The van der Waals surface area contributed by atoms with Gasteiger partial charge in [-0.1, -0.05) is 17.3 Å². The summed E-state index contributed by atoms with van der Waals surface area (Å²) in [6.45, 7) is 4.13. The van der Waals surface area contributed by atoms with Crippen LogP contribution in [0, 0.1) is 36.8 Å². The molecule has 1 fully saturated rings. The van der Waals surface area contributed by atoms with Crippen LogP contribution in [-0.2, 0) is 11.2 Å². The summed E-state index contributed by atoms with van der Waals surface area (Å²) in [5.41, 5.74) is 10.2. The number of fused-ring (bicyclic) bond motifs is 1. The van der Waals surface area contributed by atoms with E-state index in [2.05, 4.69) is 30.5 Å². The molecule has 1 aliphatic heterocycles. The fourth-order valence-electron chi connectivity index (χ4n) is 6.23. The SMILES string of the molecule is Cc1n[nH]c(C)c1-c1ccc(NC(=O)CC2c3cc(F)c(F)cc3OCC23CC3CCc2nonc2C(N)=O)cc1. The molecule has 212 valence electrons. The Morgan fingerprint density at radius 3 is 2.61 bits per heavy atom. The molecule has 10 nitrogen and oxygen atoms in total. The molecular weight excluding hydrogens is 534 g/mol. The number of hydrogen-bond acceptors (Lipinski definition) is 7. The number of nitrogens with zero attached hydrogens (tertiary/aromatic N) is 3. The van der Waals surface area contributed by atoms with Gasteiger partial charge < -0.3 is 15.8 Å². The van der Waals surface area contributed by atoms with Gasteiger partial charge in [-0.3, -0.25) is 14.7 Å². The van der Waals surface area contributed by atoms with Gasteiger partial charge in [-0.15, -0.1) is 0 Å². The summed E-state index contributed by atoms with van der Waals surface area (Å²) in [5.74, 6) is -3.06. The van der Waals surface area contributed by atoms with Gasteiger partial charge in [0.05, 0.1) is 12.3 Å². The molecule has 6 rings (SSSR count). The second-order valence-electron chi connectivity index (χ2n) is 10.9. The topological polar surface area (TPSA) is 149 Å². The van der Waals surface area contributed by atoms with Crippen molar-refractivity contribution in [2.75, 3.05) is 11.9 Å². The van der Waals surface area contributed by atoms with Crippen molar-refractivity contribution >= 4 is 17.5 Å². The number of aromatic amines is 1. The van der Waals surface area contributed by atoms with Crippen LogP contribution in [0.5, 0.6) is 5.75 Å². The number of rotatable bonds is 8. The van der Waals surface area contributed by atoms with E-state index in [-0.39, 0.29) is 36.3 Å². The Balaban J connectivity index is 1.21. The number of amides is 2. The number of nitrogens with two attached hydrogens (primary N) is 1. The van der Waals surface area contributed by atoms with Crippen LogP contribution >= 0.6 is 0 Å². The summed E-state index contributed by atoms with van der Waals surface area (Å²) in [6.07, 6.45) is 1.75. The maximum atomic E-state index is 14.4. The van der Waals surface area contributed by atoms with E-state index in [0.29, 0.717) is 36.2 Å². The van der Waals surface area contributed by atoms with Crippen LogP contribution in [0.2, 0.25) is 0 Å². The average Bonchev–Trinajstić information content (AvgIpc) is 3.22. The van der Waals surface area contributed by atoms with E-state index >= 15 is 0 Å². The maximum absolute atomic E-state index is 14.4. The van der Waals surface area contributed by atoms with Crippen molar-refractivity contribution in [1.29, 1.82) is 0 Å². The smallest absolute Gasteiger partial charge is 0.272 e. The molecule has 2 amide bonds.